The van der Waals surface area contributed by atoms with Crippen molar-refractivity contribution < 1.29 is 61.7 Å². The van der Waals surface area contributed by atoms with Crippen LogP contribution in [-0.2, 0) is 33.6 Å². The van der Waals surface area contributed by atoms with Gasteiger partial charge in [-0.2, -0.15) is 8.42 Å². The predicted octanol–water partition coefficient (Wildman–Crippen LogP) is -4.31. The van der Waals surface area contributed by atoms with Gasteiger partial charge < -0.3 is 45.5 Å². The molecule has 14 nitrogen and oxygen atoms in total. The quantitative estimate of drug-likeness (QED) is 0.189. The summed E-state index contributed by atoms with van der Waals surface area (Å²) in [6.07, 6.45) is -9.85. The Kier molecular flexibility index (Phi) is 7.32. The number of rotatable bonds is 7. The van der Waals surface area contributed by atoms with Crippen LogP contribution in [0.2, 0.25) is 0 Å². The number of nitrogens with two attached hydrogens (primary N) is 1. The van der Waals surface area contributed by atoms with Crippen LogP contribution in [0.1, 0.15) is 0 Å². The Bertz CT molecular complexity index is 697. The van der Waals surface area contributed by atoms with Crippen molar-refractivity contribution in [3.05, 3.63) is 11.8 Å². The molecule has 2 aliphatic heterocycles. The highest BCUT2D eigenvalue weighted by Crippen LogP contribution is 2.24. The molecule has 2 aliphatic rings. The molecule has 8 atom stereocenters. The summed E-state index contributed by atoms with van der Waals surface area (Å²) in [6.45, 7) is -1.42. The predicted molar refractivity (Wildman–Crippen MR) is 84.7 cm³/mol. The summed E-state index contributed by atoms with van der Waals surface area (Å²) in [5.41, 5.74) is 5.68. The smallest absolute Gasteiger partial charge is 0.397 e. The van der Waals surface area contributed by atoms with Crippen molar-refractivity contribution in [1.29, 1.82) is 0 Å². The minimum absolute atomic E-state index is 0.559. The first-order chi connectivity index (χ1) is 12.9. The third kappa shape index (κ3) is 5.57. The Morgan fingerprint density at radius 3 is 2.36 bits per heavy atom. The first kappa shape index (κ1) is 22.9. The molecular formula is C13H21NO13S. The summed E-state index contributed by atoms with van der Waals surface area (Å²) in [4.78, 5) is 11.0. The molecule has 8 N–H and O–H groups in total. The normalized spacial score (nSPS) is 39.1. The van der Waals surface area contributed by atoms with Gasteiger partial charge in [0.1, 0.15) is 30.5 Å². The highest BCUT2D eigenvalue weighted by atomic mass is 32.3. The number of aliphatic hydroxyl groups excluding tert-OH is 4. The van der Waals surface area contributed by atoms with Crippen LogP contribution >= 0.6 is 0 Å². The molecule has 0 amide bonds. The van der Waals surface area contributed by atoms with Gasteiger partial charge in [0.05, 0.1) is 19.3 Å². The van der Waals surface area contributed by atoms with E-state index in [1.165, 1.54) is 0 Å². The highest BCUT2D eigenvalue weighted by molar-refractivity contribution is 7.80. The maximum atomic E-state index is 11.0. The second-order valence-electron chi connectivity index (χ2n) is 6.12. The molecule has 0 bridgehead atoms. The average molecular weight is 431 g/mol. The van der Waals surface area contributed by atoms with Gasteiger partial charge >= 0.3 is 16.4 Å². The highest BCUT2D eigenvalue weighted by Gasteiger charge is 2.45. The molecule has 1 unspecified atom stereocenters. The van der Waals surface area contributed by atoms with Crippen LogP contribution < -0.4 is 5.73 Å². The SMILES string of the molecule is N[C@H]1C(O)O[C@H](COS(=O)(=O)O)[C@H](O)[C@@H]1OC[C@@H]1OC(C(=O)O)=C[C@H](O)[C@H]1O. The molecule has 0 aromatic rings. The second-order valence-corrected chi connectivity index (χ2v) is 7.21. The lowest BCUT2D eigenvalue weighted by molar-refractivity contribution is -0.260. The molecule has 1 saturated heterocycles. The number of carboxylic acid groups (broad SMARTS) is 1. The molecule has 0 aromatic carbocycles. The summed E-state index contributed by atoms with van der Waals surface area (Å²) < 4.78 is 49.2. The first-order valence-electron chi connectivity index (χ1n) is 7.89. The number of hydrogen-bond acceptors (Lipinski definition) is 12. The Hall–Kier alpha value is -1.40. The topological polar surface area (TPSA) is 236 Å². The van der Waals surface area contributed by atoms with E-state index in [9.17, 15) is 33.6 Å². The number of aliphatic hydroxyl groups is 4. The number of aliphatic carboxylic acids is 1. The Labute approximate surface area is 158 Å². The van der Waals surface area contributed by atoms with E-state index >= 15 is 0 Å². The lowest BCUT2D eigenvalue weighted by Crippen LogP contribution is -2.63. The van der Waals surface area contributed by atoms with Crippen LogP contribution in [0, 0.1) is 0 Å². The van der Waals surface area contributed by atoms with Crippen LogP contribution in [0.4, 0.5) is 0 Å². The summed E-state index contributed by atoms with van der Waals surface area (Å²) in [6, 6.07) is -1.32. The maximum Gasteiger partial charge on any atom is 0.397 e. The number of carboxylic acids is 1. The molecule has 0 radical (unpaired) electrons. The van der Waals surface area contributed by atoms with E-state index in [1.54, 1.807) is 0 Å². The fraction of sp³-hybridized carbons (Fsp3) is 0.769. The molecule has 2 rings (SSSR count). The van der Waals surface area contributed by atoms with E-state index in [2.05, 4.69) is 4.18 Å². The zero-order chi connectivity index (χ0) is 21.2. The van der Waals surface area contributed by atoms with Crippen LogP contribution in [-0.4, -0.2) is 107 Å². The van der Waals surface area contributed by atoms with Crippen molar-refractivity contribution in [3.8, 4) is 0 Å². The van der Waals surface area contributed by atoms with Crippen molar-refractivity contribution in [2.75, 3.05) is 13.2 Å². The van der Waals surface area contributed by atoms with Crippen molar-refractivity contribution in [1.82, 2.24) is 0 Å². The van der Waals surface area contributed by atoms with Gasteiger partial charge in [0, 0.05) is 0 Å². The summed E-state index contributed by atoms with van der Waals surface area (Å²) in [5.74, 6) is -2.11. The van der Waals surface area contributed by atoms with Gasteiger partial charge in [0.15, 0.2) is 12.4 Å². The van der Waals surface area contributed by atoms with E-state index in [-0.39, 0.29) is 0 Å². The maximum absolute atomic E-state index is 11.0. The largest absolute Gasteiger partial charge is 0.478 e. The van der Waals surface area contributed by atoms with E-state index < -0.39 is 84.3 Å². The fourth-order valence-electron chi connectivity index (χ4n) is 2.66. The van der Waals surface area contributed by atoms with E-state index in [0.29, 0.717) is 0 Å². The third-order valence-corrected chi connectivity index (χ3v) is 4.55. The standard InChI is InChI=1S/C13H21NO13S/c14-8-11(10(17)7(27-13(8)20)3-25-28(21,22)23)24-2-6-9(16)4(15)1-5(26-6)12(18)19/h1,4,6-11,13,15-17,20H,2-3,14H2,(H,18,19)(H,21,22,23)/t4-,6-,7+,8+,9+,10-,11+,13?/m0/s1. The lowest BCUT2D eigenvalue weighted by atomic mass is 9.97. The van der Waals surface area contributed by atoms with Gasteiger partial charge in [-0.1, -0.05) is 0 Å². The first-order valence-corrected chi connectivity index (χ1v) is 9.25. The monoisotopic (exact) mass is 431 g/mol. The number of carbonyl (C=O) groups is 1. The van der Waals surface area contributed by atoms with Gasteiger partial charge in [0.25, 0.3) is 0 Å². The molecule has 28 heavy (non-hydrogen) atoms. The molecule has 2 heterocycles. The molecular weight excluding hydrogens is 410 g/mol. The van der Waals surface area contributed by atoms with Crippen LogP contribution in [0.15, 0.2) is 11.8 Å². The van der Waals surface area contributed by atoms with Gasteiger partial charge in [-0.3, -0.25) is 4.55 Å². The average Bonchev–Trinajstić information content (AvgIpc) is 2.59. The summed E-state index contributed by atoms with van der Waals surface area (Å²) in [7, 11) is -4.84. The minimum atomic E-state index is -4.84. The van der Waals surface area contributed by atoms with Crippen LogP contribution in [0.25, 0.3) is 0 Å². The molecule has 0 aliphatic carbocycles. The molecule has 1 fully saturated rings. The van der Waals surface area contributed by atoms with Gasteiger partial charge in [-0.25, -0.2) is 8.98 Å². The lowest BCUT2D eigenvalue weighted by Gasteiger charge is -2.41. The minimum Gasteiger partial charge on any atom is -0.478 e. The molecule has 162 valence electrons. The van der Waals surface area contributed by atoms with Gasteiger partial charge in [0.2, 0.25) is 5.76 Å². The van der Waals surface area contributed by atoms with E-state index in [4.69, 9.17) is 29.6 Å². The number of ether oxygens (including phenoxy) is 3. The van der Waals surface area contributed by atoms with E-state index in [0.717, 1.165) is 6.08 Å². The zero-order valence-corrected chi connectivity index (χ0v) is 15.0. The molecule has 0 aromatic heterocycles. The molecule has 0 saturated carbocycles. The van der Waals surface area contributed by atoms with Gasteiger partial charge in [-0.15, -0.1) is 0 Å². The Morgan fingerprint density at radius 1 is 1.14 bits per heavy atom. The van der Waals surface area contributed by atoms with Crippen molar-refractivity contribution in [3.63, 3.8) is 0 Å². The van der Waals surface area contributed by atoms with Crippen molar-refractivity contribution >= 4 is 16.4 Å². The van der Waals surface area contributed by atoms with Gasteiger partial charge in [-0.05, 0) is 6.08 Å². The van der Waals surface area contributed by atoms with Crippen LogP contribution in [0.5, 0.6) is 0 Å². The molecule has 15 heteroatoms. The third-order valence-electron chi connectivity index (χ3n) is 4.12. The summed E-state index contributed by atoms with van der Waals surface area (Å²) >= 11 is 0. The van der Waals surface area contributed by atoms with Crippen molar-refractivity contribution in [2.24, 2.45) is 5.73 Å². The van der Waals surface area contributed by atoms with E-state index in [1.807, 2.05) is 0 Å². The number of hydrogen-bond donors (Lipinski definition) is 7. The summed E-state index contributed by atoms with van der Waals surface area (Å²) in [5, 5.41) is 48.6. The Balaban J connectivity index is 2.04. The second kappa shape index (κ2) is 8.95. The zero-order valence-electron chi connectivity index (χ0n) is 14.1. The van der Waals surface area contributed by atoms with Crippen LogP contribution in [0.3, 0.4) is 0 Å². The fourth-order valence-corrected chi connectivity index (χ4v) is 2.96. The Morgan fingerprint density at radius 2 is 1.79 bits per heavy atom. The van der Waals surface area contributed by atoms with Crippen molar-refractivity contribution in [2.45, 2.75) is 49.0 Å². The molecule has 0 spiro atoms.